The van der Waals surface area contributed by atoms with Crippen LogP contribution in [0.5, 0.6) is 0 Å². The molecule has 2 unspecified atom stereocenters. The summed E-state index contributed by atoms with van der Waals surface area (Å²) in [5.41, 5.74) is -1.11. The van der Waals surface area contributed by atoms with Crippen LogP contribution in [0.4, 0.5) is 0 Å². The summed E-state index contributed by atoms with van der Waals surface area (Å²) in [6.45, 7) is 0.758. The van der Waals surface area contributed by atoms with Crippen molar-refractivity contribution in [3.8, 4) is 12.8 Å². The quantitative estimate of drug-likeness (QED) is 0.182. The average Bonchev–Trinajstić information content (AvgIpc) is 3.04. The van der Waals surface area contributed by atoms with E-state index in [-0.39, 0.29) is 5.56 Å². The first-order valence-electron chi connectivity index (χ1n) is 7.45. The Morgan fingerprint density at radius 2 is 1.70 bits per heavy atom. The Kier molecular flexibility index (Phi) is 8.89. The van der Waals surface area contributed by atoms with Crippen LogP contribution in [-0.4, -0.2) is 41.8 Å². The van der Waals surface area contributed by atoms with Crippen molar-refractivity contribution in [2.75, 3.05) is 6.61 Å². The molecule has 0 saturated carbocycles. The molecule has 0 radical (unpaired) electrons. The molecule has 18 heteroatoms. The zero-order valence-corrected chi connectivity index (χ0v) is 17.7. The summed E-state index contributed by atoms with van der Waals surface area (Å²) >= 11 is 0. The van der Waals surface area contributed by atoms with Crippen molar-refractivity contribution in [3.63, 3.8) is 0 Å². The van der Waals surface area contributed by atoms with Gasteiger partial charge in [-0.1, -0.05) is 6.08 Å². The number of hydrogen-bond acceptors (Lipinski definition) is 9. The van der Waals surface area contributed by atoms with Gasteiger partial charge in [-0.05, 0) is 13.0 Å². The Bertz CT molecular complexity index is 1070. The largest absolute Gasteiger partial charge is 0.490 e. The lowest BCUT2D eigenvalue weighted by molar-refractivity contribution is -0.0105. The Hall–Kier alpha value is -1.65. The number of terminal acetylenes is 1. The van der Waals surface area contributed by atoms with Crippen LogP contribution in [0.15, 0.2) is 27.9 Å². The molecule has 0 bridgehead atoms. The highest BCUT2D eigenvalue weighted by Crippen LogP contribution is 2.66. The van der Waals surface area contributed by atoms with Gasteiger partial charge in [-0.3, -0.25) is 18.9 Å². The van der Waals surface area contributed by atoms with E-state index in [0.717, 1.165) is 4.57 Å². The van der Waals surface area contributed by atoms with Crippen molar-refractivity contribution < 1.29 is 51.2 Å². The van der Waals surface area contributed by atoms with Gasteiger partial charge in [0.2, 0.25) is 0 Å². The third kappa shape index (κ3) is 8.23. The van der Waals surface area contributed by atoms with Crippen LogP contribution in [0.25, 0.3) is 0 Å². The summed E-state index contributed by atoms with van der Waals surface area (Å²) in [6.07, 6.45) is 9.97. The fraction of sp³-hybridized carbons (Fsp3) is 0.333. The molecular weight excluding hydrogens is 473 g/mol. The minimum absolute atomic E-state index is 0.230. The number of hydrogen-bond donors (Lipinski definition) is 5. The first-order valence-corrected chi connectivity index (χ1v) is 12.0. The number of aromatic nitrogens is 2. The molecule has 15 nitrogen and oxygen atoms in total. The molecule has 0 aromatic carbocycles. The lowest BCUT2D eigenvalue weighted by atomic mass is 10.3. The van der Waals surface area contributed by atoms with Gasteiger partial charge in [0.05, 0.1) is 6.61 Å². The molecule has 0 amide bonds. The number of aryl methyl sites for hydroxylation is 1. The zero-order chi connectivity index (χ0) is 23.3. The number of aromatic amines is 1. The van der Waals surface area contributed by atoms with Crippen LogP contribution in [0.1, 0.15) is 11.8 Å². The van der Waals surface area contributed by atoms with Crippen LogP contribution in [-0.2, 0) is 31.6 Å². The van der Waals surface area contributed by atoms with Crippen LogP contribution in [0.2, 0.25) is 0 Å². The number of nitrogens with zero attached hydrogens (tertiary/aromatic N) is 1. The molecule has 1 aliphatic rings. The van der Waals surface area contributed by atoms with Crippen LogP contribution < -0.4 is 11.2 Å². The number of H-pyrrole nitrogens is 1. The van der Waals surface area contributed by atoms with Gasteiger partial charge in [-0.2, -0.15) is 8.62 Å². The first kappa shape index (κ1) is 26.4. The second-order valence-electron chi connectivity index (χ2n) is 5.32. The smallest absolute Gasteiger partial charge is 0.344 e. The number of rotatable bonds is 8. The minimum atomic E-state index is -5.61. The molecule has 0 spiro atoms. The van der Waals surface area contributed by atoms with Gasteiger partial charge in [0, 0.05) is 11.8 Å². The number of nitrogens with one attached hydrogen (secondary N) is 1. The van der Waals surface area contributed by atoms with E-state index in [9.17, 15) is 28.2 Å². The van der Waals surface area contributed by atoms with E-state index >= 15 is 0 Å². The van der Waals surface area contributed by atoms with Crippen molar-refractivity contribution >= 4 is 23.5 Å². The summed E-state index contributed by atoms with van der Waals surface area (Å²) in [5, 5.41) is 0. The van der Waals surface area contributed by atoms with Crippen molar-refractivity contribution in [2.45, 2.75) is 19.3 Å². The molecule has 1 aliphatic heterocycles. The highest BCUT2D eigenvalue weighted by atomic mass is 31.3. The monoisotopic (exact) mass is 490 g/mol. The van der Waals surface area contributed by atoms with Crippen LogP contribution in [0.3, 0.4) is 0 Å². The molecule has 2 rings (SSSR count). The second-order valence-corrected chi connectivity index (χ2v) is 9.74. The van der Waals surface area contributed by atoms with Crippen molar-refractivity contribution in [1.29, 1.82) is 0 Å². The van der Waals surface area contributed by atoms with E-state index in [2.05, 4.69) is 31.0 Å². The van der Waals surface area contributed by atoms with E-state index in [0.29, 0.717) is 0 Å². The molecular formula is C12H17N2O13P3. The molecule has 0 aliphatic carbocycles. The van der Waals surface area contributed by atoms with Gasteiger partial charge in [0.25, 0.3) is 5.56 Å². The highest BCUT2D eigenvalue weighted by molar-refractivity contribution is 7.66. The topological polar surface area (TPSA) is 224 Å². The Morgan fingerprint density at radius 3 is 2.27 bits per heavy atom. The van der Waals surface area contributed by atoms with Gasteiger partial charge in [-0.15, -0.1) is 12.8 Å². The van der Waals surface area contributed by atoms with Gasteiger partial charge >= 0.3 is 29.2 Å². The van der Waals surface area contributed by atoms with Gasteiger partial charge < -0.3 is 24.3 Å². The Morgan fingerprint density at radius 1 is 1.10 bits per heavy atom. The molecule has 5 N–H and O–H groups in total. The second kappa shape index (κ2) is 10.1. The predicted molar refractivity (Wildman–Crippen MR) is 98.8 cm³/mol. The van der Waals surface area contributed by atoms with E-state index in [1.807, 2.05) is 0 Å². The highest BCUT2D eigenvalue weighted by Gasteiger charge is 2.41. The third-order valence-electron chi connectivity index (χ3n) is 3.04. The molecule has 0 saturated heterocycles. The lowest BCUT2D eigenvalue weighted by Gasteiger charge is -2.19. The average molecular weight is 490 g/mol. The Labute approximate surface area is 168 Å². The molecule has 2 heterocycles. The zero-order valence-electron chi connectivity index (χ0n) is 15.0. The van der Waals surface area contributed by atoms with E-state index in [1.165, 1.54) is 25.3 Å². The SMILES string of the molecule is C#C.Cc1cn([C@H]2C=C[C@@H](COP(=O)(O)OP(=O)(O)OP(=O)(O)O)O2)c(=O)[nH]c1=O. The predicted octanol–water partition coefficient (Wildman–Crippen LogP) is -0.109. The minimum Gasteiger partial charge on any atom is -0.344 e. The summed E-state index contributed by atoms with van der Waals surface area (Å²) < 4.78 is 51.3. The molecule has 1 aromatic heterocycles. The lowest BCUT2D eigenvalue weighted by Crippen LogP contribution is -2.33. The summed E-state index contributed by atoms with van der Waals surface area (Å²) in [4.78, 5) is 60.5. The van der Waals surface area contributed by atoms with Gasteiger partial charge in [0.15, 0.2) is 6.23 Å². The normalized spacial score (nSPS) is 22.5. The van der Waals surface area contributed by atoms with Crippen molar-refractivity contribution in [1.82, 2.24) is 9.55 Å². The fourth-order valence-corrected chi connectivity index (χ4v) is 5.02. The number of phosphoric ester groups is 1. The summed E-state index contributed by atoms with van der Waals surface area (Å²) in [6, 6.07) is 0. The number of phosphoric acid groups is 3. The van der Waals surface area contributed by atoms with E-state index in [1.54, 1.807) is 0 Å². The van der Waals surface area contributed by atoms with Crippen molar-refractivity contribution in [3.05, 3.63) is 44.8 Å². The third-order valence-corrected chi connectivity index (χ3v) is 6.85. The molecule has 168 valence electrons. The number of ether oxygens (including phenoxy) is 1. The molecule has 0 fully saturated rings. The van der Waals surface area contributed by atoms with Crippen LogP contribution in [0, 0.1) is 19.8 Å². The maximum Gasteiger partial charge on any atom is 0.490 e. The molecule has 1 aromatic rings. The fourth-order valence-electron chi connectivity index (χ4n) is 1.99. The summed E-state index contributed by atoms with van der Waals surface area (Å²) in [7, 11) is -16.4. The maximum absolute atomic E-state index is 11.8. The van der Waals surface area contributed by atoms with E-state index < -0.39 is 53.7 Å². The van der Waals surface area contributed by atoms with Gasteiger partial charge in [-0.25, -0.2) is 18.5 Å². The standard InChI is InChI=1S/C10H15N2O13P3.C2H2/c1-6-4-12(10(14)11-9(6)13)8-3-2-7(23-8)5-22-27(18,19)25-28(20,21)24-26(15,16)17;1-2/h2-4,7-8H,5H2,1H3,(H,18,19)(H,20,21)(H,11,13,14)(H2,15,16,17);1-2H/t7-,8+;/m0./s1. The van der Waals surface area contributed by atoms with Gasteiger partial charge in [0.1, 0.15) is 6.10 Å². The van der Waals surface area contributed by atoms with Crippen molar-refractivity contribution in [2.24, 2.45) is 0 Å². The molecule has 4 atom stereocenters. The maximum atomic E-state index is 11.8. The molecule has 30 heavy (non-hydrogen) atoms. The van der Waals surface area contributed by atoms with Crippen LogP contribution >= 0.6 is 23.5 Å². The Balaban J connectivity index is 0.00000218. The van der Waals surface area contributed by atoms with E-state index in [4.69, 9.17) is 19.4 Å². The summed E-state index contributed by atoms with van der Waals surface area (Å²) in [5.74, 6) is 0. The first-order chi connectivity index (χ1) is 13.7.